The first-order valence-electron chi connectivity index (χ1n) is 9.54. The Balaban J connectivity index is 1.28. The molecule has 0 spiro atoms. The summed E-state index contributed by atoms with van der Waals surface area (Å²) in [5.74, 6) is -0.704. The molecular formula is C18H21BN2O7. The molecule has 0 radical (unpaired) electrons. The molecule has 4 aliphatic rings. The molecule has 3 heterocycles. The van der Waals surface area contributed by atoms with E-state index in [2.05, 4.69) is 5.32 Å². The Morgan fingerprint density at radius 2 is 2.07 bits per heavy atom. The van der Waals surface area contributed by atoms with Gasteiger partial charge < -0.3 is 34.8 Å². The van der Waals surface area contributed by atoms with Gasteiger partial charge in [0.2, 0.25) is 5.91 Å². The molecular weight excluding hydrogens is 367 g/mol. The average molecular weight is 388 g/mol. The number of carbonyl (C=O) groups is 2. The summed E-state index contributed by atoms with van der Waals surface area (Å²) >= 11 is 0. The standard InChI is InChI=1S/C18H21BN2O7/c22-8-3-13(20-5-8)17(23)21-6-9(7-21)27-14-2-1-10-11-4-12(11)19(26)28-16(10)15(14)18(24)25/h1-2,8-9,11-13,20,22,26H,3-7H2,(H,24,25)/t8-,11+,12+,13+/m0/s1. The number of carboxylic acid groups (broad SMARTS) is 1. The molecule has 4 atom stereocenters. The quantitative estimate of drug-likeness (QED) is 0.505. The lowest BCUT2D eigenvalue weighted by molar-refractivity contribution is -0.142. The van der Waals surface area contributed by atoms with Crippen molar-refractivity contribution < 1.29 is 34.2 Å². The Morgan fingerprint density at radius 3 is 2.75 bits per heavy atom. The van der Waals surface area contributed by atoms with Crippen LogP contribution in [0.25, 0.3) is 0 Å². The van der Waals surface area contributed by atoms with Crippen LogP contribution in [0.3, 0.4) is 0 Å². The van der Waals surface area contributed by atoms with Crippen molar-refractivity contribution >= 4 is 19.0 Å². The molecule has 0 aromatic heterocycles. The average Bonchev–Trinajstić information content (AvgIpc) is 3.31. The van der Waals surface area contributed by atoms with Crippen molar-refractivity contribution in [1.29, 1.82) is 0 Å². The highest BCUT2D eigenvalue weighted by atomic mass is 16.5. The van der Waals surface area contributed by atoms with E-state index in [1.807, 2.05) is 0 Å². The van der Waals surface area contributed by atoms with E-state index in [1.165, 1.54) is 0 Å². The highest BCUT2D eigenvalue weighted by Gasteiger charge is 2.54. The van der Waals surface area contributed by atoms with E-state index in [1.54, 1.807) is 17.0 Å². The minimum absolute atomic E-state index is 0.0369. The number of fused-ring (bicyclic) bond motifs is 3. The van der Waals surface area contributed by atoms with Gasteiger partial charge in [-0.2, -0.15) is 0 Å². The molecule has 1 saturated carbocycles. The molecule has 9 nitrogen and oxygen atoms in total. The highest BCUT2D eigenvalue weighted by molar-refractivity contribution is 6.48. The van der Waals surface area contributed by atoms with Gasteiger partial charge in [-0.3, -0.25) is 4.79 Å². The van der Waals surface area contributed by atoms with E-state index in [9.17, 15) is 24.8 Å². The zero-order chi connectivity index (χ0) is 19.6. The summed E-state index contributed by atoms with van der Waals surface area (Å²) in [4.78, 5) is 25.9. The zero-order valence-electron chi connectivity index (χ0n) is 15.1. The molecule has 1 aromatic rings. The number of hydrogen-bond acceptors (Lipinski definition) is 7. The molecule has 1 aliphatic carbocycles. The van der Waals surface area contributed by atoms with Crippen LogP contribution in [0.2, 0.25) is 5.82 Å². The number of β-amino-alcohol motifs (C(OH)–C–C–N with tert-alkyl or cyclic N) is 1. The first-order chi connectivity index (χ1) is 13.4. The number of amides is 1. The molecule has 10 heteroatoms. The van der Waals surface area contributed by atoms with Crippen molar-refractivity contribution in [3.63, 3.8) is 0 Å². The number of aromatic carboxylic acids is 1. The predicted molar refractivity (Wildman–Crippen MR) is 96.5 cm³/mol. The highest BCUT2D eigenvalue weighted by Crippen LogP contribution is 2.60. The van der Waals surface area contributed by atoms with Crippen LogP contribution in [0.15, 0.2) is 12.1 Å². The first-order valence-corrected chi connectivity index (χ1v) is 9.54. The van der Waals surface area contributed by atoms with Gasteiger partial charge in [0.15, 0.2) is 0 Å². The normalized spacial score (nSPS) is 30.8. The zero-order valence-corrected chi connectivity index (χ0v) is 15.1. The van der Waals surface area contributed by atoms with Crippen molar-refractivity contribution in [1.82, 2.24) is 10.2 Å². The Labute approximate surface area is 161 Å². The number of carboxylic acids is 1. The van der Waals surface area contributed by atoms with Crippen LogP contribution in [-0.2, 0) is 4.79 Å². The Morgan fingerprint density at radius 1 is 1.29 bits per heavy atom. The van der Waals surface area contributed by atoms with E-state index < -0.39 is 19.2 Å². The molecule has 5 rings (SSSR count). The van der Waals surface area contributed by atoms with E-state index in [0.29, 0.717) is 26.1 Å². The fourth-order valence-corrected chi connectivity index (χ4v) is 4.39. The minimum atomic E-state index is -1.17. The van der Waals surface area contributed by atoms with Crippen LogP contribution in [0.5, 0.6) is 11.5 Å². The second-order valence-corrected chi connectivity index (χ2v) is 8.01. The largest absolute Gasteiger partial charge is 0.535 e. The Bertz CT molecular complexity index is 843. The number of aliphatic hydroxyl groups excluding tert-OH is 1. The summed E-state index contributed by atoms with van der Waals surface area (Å²) in [6.45, 7) is 1.13. The van der Waals surface area contributed by atoms with Crippen LogP contribution in [0, 0.1) is 0 Å². The van der Waals surface area contributed by atoms with Gasteiger partial charge in [-0.15, -0.1) is 0 Å². The number of aliphatic hydroxyl groups is 1. The van der Waals surface area contributed by atoms with Crippen molar-refractivity contribution in [2.24, 2.45) is 0 Å². The van der Waals surface area contributed by atoms with Gasteiger partial charge in [0.1, 0.15) is 23.2 Å². The summed E-state index contributed by atoms with van der Waals surface area (Å²) < 4.78 is 11.3. The molecule has 1 aromatic carbocycles. The lowest BCUT2D eigenvalue weighted by atomic mass is 9.77. The third-order valence-corrected chi connectivity index (χ3v) is 6.07. The topological polar surface area (TPSA) is 129 Å². The number of carbonyl (C=O) groups excluding carboxylic acids is 1. The van der Waals surface area contributed by atoms with Gasteiger partial charge in [0.25, 0.3) is 0 Å². The smallest absolute Gasteiger partial charge is 0.526 e. The second kappa shape index (κ2) is 6.36. The Hall–Kier alpha value is -2.30. The second-order valence-electron chi connectivity index (χ2n) is 8.01. The molecule has 4 N–H and O–H groups in total. The number of rotatable bonds is 4. The maximum atomic E-state index is 12.4. The van der Waals surface area contributed by atoms with Gasteiger partial charge >= 0.3 is 13.1 Å². The van der Waals surface area contributed by atoms with Crippen molar-refractivity contribution in [3.8, 4) is 11.5 Å². The molecule has 148 valence electrons. The van der Waals surface area contributed by atoms with Gasteiger partial charge in [-0.05, 0) is 30.4 Å². The molecule has 3 aliphatic heterocycles. The summed E-state index contributed by atoms with van der Waals surface area (Å²) in [5, 5.41) is 32.2. The maximum Gasteiger partial charge on any atom is 0.526 e. The SMILES string of the molecule is O=C(O)c1c(OC2CN(C(=O)[C@H]3C[C@H](O)CN3)C2)ccc2c1OB(O)[C@@H]1C[C@H]21. The van der Waals surface area contributed by atoms with Crippen LogP contribution < -0.4 is 14.7 Å². The van der Waals surface area contributed by atoms with E-state index in [0.717, 1.165) is 12.0 Å². The van der Waals surface area contributed by atoms with Crippen LogP contribution in [0.4, 0.5) is 0 Å². The summed E-state index contributed by atoms with van der Waals surface area (Å²) in [6.07, 6.45) is 0.374. The number of hydrogen-bond donors (Lipinski definition) is 4. The number of benzene rings is 1. The van der Waals surface area contributed by atoms with Crippen LogP contribution >= 0.6 is 0 Å². The van der Waals surface area contributed by atoms with Crippen molar-refractivity contribution in [2.75, 3.05) is 19.6 Å². The van der Waals surface area contributed by atoms with E-state index in [4.69, 9.17) is 9.39 Å². The van der Waals surface area contributed by atoms with Gasteiger partial charge in [0, 0.05) is 12.4 Å². The monoisotopic (exact) mass is 388 g/mol. The lowest BCUT2D eigenvalue weighted by Gasteiger charge is -2.40. The fourth-order valence-electron chi connectivity index (χ4n) is 4.39. The number of ether oxygens (including phenoxy) is 1. The lowest BCUT2D eigenvalue weighted by Crippen LogP contribution is -2.59. The Kier molecular flexibility index (Phi) is 4.04. The summed E-state index contributed by atoms with van der Waals surface area (Å²) in [5.41, 5.74) is 0.726. The molecule has 3 fully saturated rings. The van der Waals surface area contributed by atoms with E-state index in [-0.39, 0.29) is 46.9 Å². The first kappa shape index (κ1) is 17.8. The van der Waals surface area contributed by atoms with Crippen molar-refractivity contribution in [2.45, 2.75) is 42.8 Å². The molecule has 28 heavy (non-hydrogen) atoms. The van der Waals surface area contributed by atoms with Crippen molar-refractivity contribution in [3.05, 3.63) is 23.3 Å². The minimum Gasteiger partial charge on any atom is -0.535 e. The third kappa shape index (κ3) is 2.83. The molecule has 1 amide bonds. The third-order valence-electron chi connectivity index (χ3n) is 6.07. The number of likely N-dealkylation sites (tertiary alicyclic amines) is 1. The fraction of sp³-hybridized carbons (Fsp3) is 0.556. The van der Waals surface area contributed by atoms with E-state index >= 15 is 0 Å². The molecule has 0 unspecified atom stereocenters. The summed E-state index contributed by atoms with van der Waals surface area (Å²) in [7, 11) is -0.989. The molecule has 2 saturated heterocycles. The number of nitrogens with zero attached hydrogens (tertiary/aromatic N) is 1. The van der Waals surface area contributed by atoms with Gasteiger partial charge in [-0.25, -0.2) is 4.79 Å². The van der Waals surface area contributed by atoms with Crippen LogP contribution in [0.1, 0.15) is 34.7 Å². The maximum absolute atomic E-state index is 12.4. The summed E-state index contributed by atoms with van der Waals surface area (Å²) in [6, 6.07) is 3.06. The molecule has 0 bridgehead atoms. The van der Waals surface area contributed by atoms with Gasteiger partial charge in [-0.1, -0.05) is 6.07 Å². The van der Waals surface area contributed by atoms with Gasteiger partial charge in [0.05, 0.1) is 25.2 Å². The predicted octanol–water partition coefficient (Wildman–Crippen LogP) is -0.572. The number of nitrogens with one attached hydrogen (secondary N) is 1. The van der Waals surface area contributed by atoms with Crippen LogP contribution in [-0.4, -0.2) is 77.0 Å².